The lowest BCUT2D eigenvalue weighted by molar-refractivity contribution is -0.123. The van der Waals surface area contributed by atoms with E-state index < -0.39 is 16.7 Å². The third kappa shape index (κ3) is 3.95. The van der Waals surface area contributed by atoms with Crippen molar-refractivity contribution < 1.29 is 23.5 Å². The molecule has 1 unspecified atom stereocenters. The third-order valence-electron chi connectivity index (χ3n) is 6.22. The van der Waals surface area contributed by atoms with Crippen LogP contribution < -0.4 is 19.7 Å². The highest BCUT2D eigenvalue weighted by Gasteiger charge is 2.59. The second-order valence-electron chi connectivity index (χ2n) is 8.21. The number of nitrogens with zero attached hydrogens (tertiary/aromatic N) is 2. The Balaban J connectivity index is 1.53. The molecule has 0 radical (unpaired) electrons. The number of amides is 3. The number of ether oxygens (including phenoxy) is 2. The van der Waals surface area contributed by atoms with Crippen LogP contribution in [0.25, 0.3) is 0 Å². The molecule has 35 heavy (non-hydrogen) atoms. The SMILES string of the molecule is COc1cccc(CN2C(=O)C3(SCCN3C(=O)Nc3ccc(F)cc3)c3cc(OC)ccc32)c1. The molecule has 2 heterocycles. The quantitative estimate of drug-likeness (QED) is 0.552. The molecule has 1 N–H and O–H groups in total. The smallest absolute Gasteiger partial charge is 0.323 e. The third-order valence-corrected chi connectivity index (χ3v) is 7.64. The van der Waals surface area contributed by atoms with Crippen molar-refractivity contribution in [3.8, 4) is 11.5 Å². The van der Waals surface area contributed by atoms with E-state index in [1.165, 1.54) is 36.0 Å². The van der Waals surface area contributed by atoms with Crippen molar-refractivity contribution in [2.45, 2.75) is 11.4 Å². The molecule has 3 amide bonds. The van der Waals surface area contributed by atoms with Crippen LogP contribution in [0.4, 0.5) is 20.6 Å². The molecule has 2 aliphatic rings. The van der Waals surface area contributed by atoms with E-state index in [0.717, 1.165) is 11.3 Å². The standard InChI is InChI=1S/C26H24FN3O4S/c1-33-20-5-3-4-17(14-20)16-29-23-11-10-21(34-2)15-22(23)26(24(29)31)30(12-13-35-26)25(32)28-19-8-6-18(27)7-9-19/h3-11,14-15H,12-13,16H2,1-2H3,(H,28,32). The van der Waals surface area contributed by atoms with Crippen molar-refractivity contribution in [2.75, 3.05) is 36.7 Å². The fourth-order valence-corrected chi connectivity index (χ4v) is 6.01. The van der Waals surface area contributed by atoms with Crippen LogP contribution in [0.1, 0.15) is 11.1 Å². The molecular weight excluding hydrogens is 469 g/mol. The molecule has 1 atom stereocenters. The Morgan fingerprint density at radius 3 is 2.54 bits per heavy atom. The summed E-state index contributed by atoms with van der Waals surface area (Å²) in [5.74, 6) is 1.31. The predicted molar refractivity (Wildman–Crippen MR) is 133 cm³/mol. The minimum Gasteiger partial charge on any atom is -0.497 e. The Bertz CT molecular complexity index is 1290. The van der Waals surface area contributed by atoms with Crippen LogP contribution in [0, 0.1) is 5.82 Å². The second kappa shape index (κ2) is 9.14. The summed E-state index contributed by atoms with van der Waals surface area (Å²) in [4.78, 5) is 29.6. The van der Waals surface area contributed by atoms with Crippen molar-refractivity contribution in [2.24, 2.45) is 0 Å². The molecule has 0 saturated carbocycles. The van der Waals surface area contributed by atoms with Crippen LogP contribution in [0.15, 0.2) is 66.7 Å². The normalized spacial score (nSPS) is 18.7. The monoisotopic (exact) mass is 493 g/mol. The van der Waals surface area contributed by atoms with Gasteiger partial charge in [0.05, 0.1) is 26.5 Å². The fraction of sp³-hybridized carbons (Fsp3) is 0.231. The van der Waals surface area contributed by atoms with Crippen LogP contribution >= 0.6 is 11.8 Å². The highest BCUT2D eigenvalue weighted by Crippen LogP contribution is 2.55. The summed E-state index contributed by atoms with van der Waals surface area (Å²) >= 11 is 1.43. The molecule has 3 aromatic rings. The molecule has 7 nitrogen and oxygen atoms in total. The van der Waals surface area contributed by atoms with Crippen molar-refractivity contribution in [3.63, 3.8) is 0 Å². The Labute approximate surface area is 206 Å². The molecule has 3 aromatic carbocycles. The zero-order valence-electron chi connectivity index (χ0n) is 19.3. The van der Waals surface area contributed by atoms with E-state index in [1.54, 1.807) is 24.0 Å². The molecule has 1 saturated heterocycles. The van der Waals surface area contributed by atoms with E-state index in [2.05, 4.69) is 5.32 Å². The fourth-order valence-electron chi connectivity index (χ4n) is 4.56. The Kier molecular flexibility index (Phi) is 6.02. The summed E-state index contributed by atoms with van der Waals surface area (Å²) in [5.41, 5.74) is 2.80. The highest BCUT2D eigenvalue weighted by molar-refractivity contribution is 8.01. The number of rotatable bonds is 5. The van der Waals surface area contributed by atoms with Crippen LogP contribution in [0.5, 0.6) is 11.5 Å². The first-order valence-electron chi connectivity index (χ1n) is 11.1. The van der Waals surface area contributed by atoms with Gasteiger partial charge in [-0.15, -0.1) is 11.8 Å². The summed E-state index contributed by atoms with van der Waals surface area (Å²) in [5, 5.41) is 2.81. The second-order valence-corrected chi connectivity index (χ2v) is 9.49. The Hall–Kier alpha value is -3.72. The number of halogens is 1. The number of anilines is 2. The average molecular weight is 494 g/mol. The van der Waals surface area contributed by atoms with Gasteiger partial charge < -0.3 is 19.7 Å². The zero-order valence-corrected chi connectivity index (χ0v) is 20.1. The van der Waals surface area contributed by atoms with Crippen LogP contribution in [0.2, 0.25) is 0 Å². The molecule has 180 valence electrons. The number of thioether (sulfide) groups is 1. The van der Waals surface area contributed by atoms with Gasteiger partial charge in [0.25, 0.3) is 5.91 Å². The van der Waals surface area contributed by atoms with Crippen molar-refractivity contribution in [1.29, 1.82) is 0 Å². The van der Waals surface area contributed by atoms with E-state index in [9.17, 15) is 14.0 Å². The van der Waals surface area contributed by atoms with Crippen molar-refractivity contribution in [3.05, 3.63) is 83.7 Å². The summed E-state index contributed by atoms with van der Waals surface area (Å²) in [6.07, 6.45) is 0. The Morgan fingerprint density at radius 1 is 1.06 bits per heavy atom. The Morgan fingerprint density at radius 2 is 1.80 bits per heavy atom. The van der Waals surface area contributed by atoms with Crippen molar-refractivity contribution >= 4 is 35.1 Å². The summed E-state index contributed by atoms with van der Waals surface area (Å²) < 4.78 is 24.1. The summed E-state index contributed by atoms with van der Waals surface area (Å²) in [6, 6.07) is 18.2. The van der Waals surface area contributed by atoms with Crippen LogP contribution in [-0.4, -0.2) is 43.4 Å². The maximum atomic E-state index is 14.1. The largest absolute Gasteiger partial charge is 0.497 e. The number of fused-ring (bicyclic) bond motifs is 2. The van der Waals surface area contributed by atoms with Gasteiger partial charge in [0.1, 0.15) is 17.3 Å². The number of hydrogen-bond acceptors (Lipinski definition) is 5. The molecular formula is C26H24FN3O4S. The first kappa shape index (κ1) is 23.0. The van der Waals surface area contributed by atoms with E-state index in [4.69, 9.17) is 9.47 Å². The van der Waals surface area contributed by atoms with Gasteiger partial charge in [-0.2, -0.15) is 0 Å². The molecule has 0 aliphatic carbocycles. The number of urea groups is 1. The lowest BCUT2D eigenvalue weighted by Crippen LogP contribution is -2.51. The number of methoxy groups -OCH3 is 2. The van der Waals surface area contributed by atoms with Gasteiger partial charge in [-0.05, 0) is 60.2 Å². The number of hydrogen-bond donors (Lipinski definition) is 1. The number of nitrogens with one attached hydrogen (secondary N) is 1. The molecule has 9 heteroatoms. The molecule has 1 fully saturated rings. The topological polar surface area (TPSA) is 71.1 Å². The van der Waals surface area contributed by atoms with Gasteiger partial charge >= 0.3 is 6.03 Å². The molecule has 0 bridgehead atoms. The molecule has 5 rings (SSSR count). The van der Waals surface area contributed by atoms with Gasteiger partial charge in [0, 0.05) is 23.5 Å². The number of benzene rings is 3. The van der Waals surface area contributed by atoms with Gasteiger partial charge in [0.15, 0.2) is 4.87 Å². The lowest BCUT2D eigenvalue weighted by Gasteiger charge is -2.33. The summed E-state index contributed by atoms with van der Waals surface area (Å²) in [7, 11) is 3.17. The van der Waals surface area contributed by atoms with Gasteiger partial charge in [-0.3, -0.25) is 9.69 Å². The average Bonchev–Trinajstić information content (AvgIpc) is 3.42. The van der Waals surface area contributed by atoms with E-state index in [1.807, 2.05) is 42.5 Å². The first-order chi connectivity index (χ1) is 17.0. The van der Waals surface area contributed by atoms with Crippen LogP contribution in [0.3, 0.4) is 0 Å². The van der Waals surface area contributed by atoms with Crippen LogP contribution in [-0.2, 0) is 16.2 Å². The minimum atomic E-state index is -1.23. The minimum absolute atomic E-state index is 0.194. The molecule has 2 aliphatic heterocycles. The van der Waals surface area contributed by atoms with Gasteiger partial charge in [-0.1, -0.05) is 12.1 Å². The van der Waals surface area contributed by atoms with E-state index >= 15 is 0 Å². The molecule has 0 aromatic heterocycles. The maximum absolute atomic E-state index is 14.1. The zero-order chi connectivity index (χ0) is 24.6. The molecule has 1 spiro atoms. The van der Waals surface area contributed by atoms with Gasteiger partial charge in [0.2, 0.25) is 0 Å². The van der Waals surface area contributed by atoms with Gasteiger partial charge in [-0.25, -0.2) is 9.18 Å². The van der Waals surface area contributed by atoms with E-state index in [0.29, 0.717) is 41.6 Å². The van der Waals surface area contributed by atoms with E-state index in [-0.39, 0.29) is 5.91 Å². The maximum Gasteiger partial charge on any atom is 0.323 e. The highest BCUT2D eigenvalue weighted by atomic mass is 32.2. The van der Waals surface area contributed by atoms with Crippen molar-refractivity contribution in [1.82, 2.24) is 4.90 Å². The number of carbonyl (C=O) groups excluding carboxylic acids is 2. The predicted octanol–water partition coefficient (Wildman–Crippen LogP) is 4.82. The number of carbonyl (C=O) groups is 2. The summed E-state index contributed by atoms with van der Waals surface area (Å²) in [6.45, 7) is 0.707. The first-order valence-corrected chi connectivity index (χ1v) is 12.1. The lowest BCUT2D eigenvalue weighted by atomic mass is 10.1.